The summed E-state index contributed by atoms with van der Waals surface area (Å²) in [6.45, 7) is -0.125. The van der Waals surface area contributed by atoms with Gasteiger partial charge in [-0.1, -0.05) is 19.3 Å². The van der Waals surface area contributed by atoms with Crippen molar-refractivity contribution < 1.29 is 27.9 Å². The summed E-state index contributed by atoms with van der Waals surface area (Å²) < 4.78 is 35.7. The molecule has 21 heavy (non-hydrogen) atoms. The second kappa shape index (κ2) is 8.35. The van der Waals surface area contributed by atoms with Crippen molar-refractivity contribution in [3.05, 3.63) is 0 Å². The average Bonchev–Trinajstić information content (AvgIpc) is 2.59. The topological polar surface area (TPSA) is 78.4 Å². The lowest BCUT2D eigenvalue weighted by atomic mass is 9.95. The van der Waals surface area contributed by atoms with E-state index in [2.05, 4.69) is 10.6 Å². The molecule has 2 unspecified atom stereocenters. The highest BCUT2D eigenvalue weighted by Crippen LogP contribution is 2.29. The van der Waals surface area contributed by atoms with E-state index < -0.39 is 29.5 Å². The molecule has 0 radical (unpaired) electrons. The van der Waals surface area contributed by atoms with Crippen LogP contribution in [0.5, 0.6) is 0 Å². The standard InChI is InChI=1S/C12H19F3N2O3S/c13-12(14,15)21-7-6-16-11(20)17-9-5-3-1-2-4-8(9)10(18)19/h8-9H,1-7H2,(H,18,19)(H2,16,17,20). The summed E-state index contributed by atoms with van der Waals surface area (Å²) >= 11 is -0.206. The SMILES string of the molecule is O=C(NCCSC(F)(F)F)NC1CCCCCC1C(=O)O. The molecule has 5 nitrogen and oxygen atoms in total. The number of aliphatic carboxylic acids is 1. The molecule has 2 amide bonds. The van der Waals surface area contributed by atoms with Gasteiger partial charge in [-0.25, -0.2) is 4.79 Å². The number of nitrogens with one attached hydrogen (secondary N) is 2. The number of halogens is 3. The van der Waals surface area contributed by atoms with Crippen LogP contribution in [0, 0.1) is 5.92 Å². The summed E-state index contributed by atoms with van der Waals surface area (Å²) in [6.07, 6.45) is 3.63. The maximum atomic E-state index is 11.9. The van der Waals surface area contributed by atoms with E-state index in [9.17, 15) is 22.8 Å². The largest absolute Gasteiger partial charge is 0.481 e. The summed E-state index contributed by atoms with van der Waals surface area (Å²) in [7, 11) is 0. The number of thioether (sulfide) groups is 1. The molecule has 9 heteroatoms. The molecule has 0 aromatic carbocycles. The normalized spacial score (nSPS) is 23.2. The van der Waals surface area contributed by atoms with Crippen LogP contribution in [0.2, 0.25) is 0 Å². The average molecular weight is 328 g/mol. The smallest absolute Gasteiger partial charge is 0.441 e. The predicted octanol–water partition coefficient (Wildman–Crippen LogP) is 2.57. The van der Waals surface area contributed by atoms with E-state index in [0.717, 1.165) is 19.3 Å². The van der Waals surface area contributed by atoms with E-state index >= 15 is 0 Å². The molecule has 0 spiro atoms. The zero-order chi connectivity index (χ0) is 15.9. The molecule has 0 heterocycles. The number of rotatable bonds is 5. The fourth-order valence-corrected chi connectivity index (χ4v) is 2.76. The molecule has 1 saturated carbocycles. The number of alkyl halides is 3. The summed E-state index contributed by atoms with van der Waals surface area (Å²) in [6, 6.07) is -1.09. The van der Waals surface area contributed by atoms with Crippen LogP contribution >= 0.6 is 11.8 Å². The summed E-state index contributed by atoms with van der Waals surface area (Å²) in [5, 5.41) is 14.0. The fraction of sp³-hybridized carbons (Fsp3) is 0.833. The van der Waals surface area contributed by atoms with Gasteiger partial charge >= 0.3 is 17.5 Å². The Morgan fingerprint density at radius 3 is 2.48 bits per heavy atom. The maximum Gasteiger partial charge on any atom is 0.441 e. The maximum absolute atomic E-state index is 11.9. The number of carbonyl (C=O) groups is 2. The molecule has 0 aliphatic heterocycles. The minimum Gasteiger partial charge on any atom is -0.481 e. The zero-order valence-electron chi connectivity index (χ0n) is 11.4. The number of amides is 2. The van der Waals surface area contributed by atoms with Crippen molar-refractivity contribution in [3.63, 3.8) is 0 Å². The lowest BCUT2D eigenvalue weighted by Gasteiger charge is -2.23. The molecule has 1 aliphatic carbocycles. The molecule has 1 rings (SSSR count). The Morgan fingerprint density at radius 1 is 1.19 bits per heavy atom. The highest BCUT2D eigenvalue weighted by Gasteiger charge is 2.31. The molecule has 3 N–H and O–H groups in total. The predicted molar refractivity (Wildman–Crippen MR) is 73.0 cm³/mol. The number of carboxylic acids is 1. The van der Waals surface area contributed by atoms with E-state index in [1.165, 1.54) is 0 Å². The van der Waals surface area contributed by atoms with Crippen molar-refractivity contribution in [1.82, 2.24) is 10.6 Å². The van der Waals surface area contributed by atoms with Crippen LogP contribution in [0.1, 0.15) is 32.1 Å². The molecule has 2 atom stereocenters. The van der Waals surface area contributed by atoms with E-state index in [1.807, 2.05) is 0 Å². The minimum absolute atomic E-state index is 0.125. The van der Waals surface area contributed by atoms with Crippen molar-refractivity contribution >= 4 is 23.8 Å². The third kappa shape index (κ3) is 7.45. The minimum atomic E-state index is -4.31. The van der Waals surface area contributed by atoms with Crippen LogP contribution in [0.4, 0.5) is 18.0 Å². The first-order valence-electron chi connectivity index (χ1n) is 6.77. The molecule has 0 aromatic rings. The molecule has 1 fully saturated rings. The van der Waals surface area contributed by atoms with Crippen molar-refractivity contribution in [2.45, 2.75) is 43.7 Å². The zero-order valence-corrected chi connectivity index (χ0v) is 12.2. The van der Waals surface area contributed by atoms with Gasteiger partial charge in [-0.05, 0) is 24.6 Å². The van der Waals surface area contributed by atoms with Crippen molar-refractivity contribution in [3.8, 4) is 0 Å². The van der Waals surface area contributed by atoms with Crippen LogP contribution in [-0.2, 0) is 4.79 Å². The van der Waals surface area contributed by atoms with Gasteiger partial charge in [-0.2, -0.15) is 13.2 Å². The summed E-state index contributed by atoms with van der Waals surface area (Å²) in [5.41, 5.74) is -4.31. The van der Waals surface area contributed by atoms with Crippen molar-refractivity contribution in [2.75, 3.05) is 12.3 Å². The van der Waals surface area contributed by atoms with Gasteiger partial charge in [0.15, 0.2) is 0 Å². The Morgan fingerprint density at radius 2 is 1.86 bits per heavy atom. The molecular weight excluding hydrogens is 309 g/mol. The first-order chi connectivity index (χ1) is 9.79. The second-order valence-corrected chi connectivity index (χ2v) is 6.04. The van der Waals surface area contributed by atoms with Crippen LogP contribution in [0.15, 0.2) is 0 Å². The van der Waals surface area contributed by atoms with Gasteiger partial charge in [0.05, 0.1) is 5.92 Å². The Hall–Kier alpha value is -1.12. The first-order valence-corrected chi connectivity index (χ1v) is 7.76. The van der Waals surface area contributed by atoms with Gasteiger partial charge in [-0.3, -0.25) is 4.79 Å². The van der Waals surface area contributed by atoms with Crippen LogP contribution in [0.25, 0.3) is 0 Å². The van der Waals surface area contributed by atoms with Crippen molar-refractivity contribution in [1.29, 1.82) is 0 Å². The Bertz CT molecular complexity index is 366. The monoisotopic (exact) mass is 328 g/mol. The quantitative estimate of drug-likeness (QED) is 0.535. The molecule has 0 aromatic heterocycles. The molecule has 122 valence electrons. The molecule has 1 aliphatic rings. The van der Waals surface area contributed by atoms with E-state index in [-0.39, 0.29) is 24.1 Å². The molecule has 0 bridgehead atoms. The number of hydrogen-bond donors (Lipinski definition) is 3. The Balaban J connectivity index is 2.35. The third-order valence-electron chi connectivity index (χ3n) is 3.30. The number of urea groups is 1. The highest BCUT2D eigenvalue weighted by molar-refractivity contribution is 8.00. The Labute approximate surface area is 125 Å². The molecular formula is C12H19F3N2O3S. The lowest BCUT2D eigenvalue weighted by Crippen LogP contribution is -2.47. The lowest BCUT2D eigenvalue weighted by molar-refractivity contribution is -0.142. The van der Waals surface area contributed by atoms with Crippen LogP contribution in [-0.4, -0.2) is 41.0 Å². The van der Waals surface area contributed by atoms with Gasteiger partial charge in [0, 0.05) is 18.3 Å². The van der Waals surface area contributed by atoms with E-state index in [4.69, 9.17) is 5.11 Å². The van der Waals surface area contributed by atoms with Gasteiger partial charge in [0.2, 0.25) is 0 Å². The van der Waals surface area contributed by atoms with Crippen LogP contribution in [0.3, 0.4) is 0 Å². The molecule has 0 saturated heterocycles. The van der Waals surface area contributed by atoms with Gasteiger partial charge in [-0.15, -0.1) is 0 Å². The van der Waals surface area contributed by atoms with E-state index in [1.54, 1.807) is 0 Å². The van der Waals surface area contributed by atoms with Crippen LogP contribution < -0.4 is 10.6 Å². The number of hydrogen-bond acceptors (Lipinski definition) is 3. The summed E-state index contributed by atoms with van der Waals surface area (Å²) in [4.78, 5) is 22.8. The highest BCUT2D eigenvalue weighted by atomic mass is 32.2. The van der Waals surface area contributed by atoms with Gasteiger partial charge < -0.3 is 15.7 Å². The second-order valence-electron chi connectivity index (χ2n) is 4.88. The summed E-state index contributed by atoms with van der Waals surface area (Å²) in [5.74, 6) is -1.86. The van der Waals surface area contributed by atoms with Gasteiger partial charge in [0.25, 0.3) is 0 Å². The number of carbonyl (C=O) groups excluding carboxylic acids is 1. The Kier molecular flexibility index (Phi) is 7.13. The van der Waals surface area contributed by atoms with Gasteiger partial charge in [0.1, 0.15) is 0 Å². The fourth-order valence-electron chi connectivity index (χ4n) is 2.33. The first kappa shape index (κ1) is 17.9. The third-order valence-corrected chi connectivity index (χ3v) is 4.04. The van der Waals surface area contributed by atoms with E-state index in [0.29, 0.717) is 12.8 Å². The van der Waals surface area contributed by atoms with Crippen molar-refractivity contribution in [2.24, 2.45) is 5.92 Å². The number of carboxylic acid groups (broad SMARTS) is 1.